The van der Waals surface area contributed by atoms with Gasteiger partial charge in [0.1, 0.15) is 5.76 Å². The molecule has 1 heterocycles. The molecular weight excluding hydrogens is 421 g/mol. The smallest absolute Gasteiger partial charge is 0.300 e. The first kappa shape index (κ1) is 20.2. The van der Waals surface area contributed by atoms with Crippen LogP contribution in [0.5, 0.6) is 0 Å². The summed E-state index contributed by atoms with van der Waals surface area (Å²) in [4.78, 5) is 27.6. The van der Waals surface area contributed by atoms with Crippen LogP contribution in [0.15, 0.2) is 78.4 Å². The first-order valence-electron chi connectivity index (χ1n) is 9.27. The number of hydrogen-bond acceptors (Lipinski definition) is 3. The lowest BCUT2D eigenvalue weighted by atomic mass is 9.95. The SMILES string of the molecule is Cc1ccccc1N1C(=O)C(=O)/C(=C(\O)c2ccc(Cl)c(Cl)c2)C1c1ccccc1. The molecule has 1 aliphatic heterocycles. The van der Waals surface area contributed by atoms with Crippen LogP contribution in [0, 0.1) is 6.92 Å². The van der Waals surface area contributed by atoms with E-state index in [0.717, 1.165) is 5.56 Å². The minimum atomic E-state index is -0.776. The number of aliphatic hydroxyl groups is 1. The van der Waals surface area contributed by atoms with Crippen molar-refractivity contribution in [2.45, 2.75) is 13.0 Å². The van der Waals surface area contributed by atoms with Gasteiger partial charge in [0.2, 0.25) is 0 Å². The highest BCUT2D eigenvalue weighted by Gasteiger charge is 2.47. The zero-order valence-corrected chi connectivity index (χ0v) is 17.5. The first-order valence-corrected chi connectivity index (χ1v) is 10.0. The normalized spacial score (nSPS) is 18.1. The molecule has 0 spiro atoms. The van der Waals surface area contributed by atoms with E-state index in [1.165, 1.54) is 17.0 Å². The summed E-state index contributed by atoms with van der Waals surface area (Å²) in [5.74, 6) is -1.74. The molecular formula is C24H17Cl2NO3. The van der Waals surface area contributed by atoms with Gasteiger partial charge in [0.05, 0.1) is 21.7 Å². The molecule has 0 aromatic heterocycles. The Hall–Kier alpha value is -3.08. The Morgan fingerprint density at radius 2 is 1.57 bits per heavy atom. The van der Waals surface area contributed by atoms with Crippen molar-refractivity contribution in [3.8, 4) is 0 Å². The van der Waals surface area contributed by atoms with Gasteiger partial charge < -0.3 is 5.11 Å². The minimum Gasteiger partial charge on any atom is -0.507 e. The number of aliphatic hydroxyl groups excluding tert-OH is 1. The Bertz CT molecular complexity index is 1190. The summed E-state index contributed by atoms with van der Waals surface area (Å²) < 4.78 is 0. The number of halogens is 2. The third-order valence-corrected chi connectivity index (χ3v) is 5.87. The molecule has 1 aliphatic rings. The third-order valence-electron chi connectivity index (χ3n) is 5.13. The van der Waals surface area contributed by atoms with E-state index < -0.39 is 17.7 Å². The number of nitrogens with zero attached hydrogens (tertiary/aromatic N) is 1. The number of amides is 1. The number of carbonyl (C=O) groups excluding carboxylic acids is 2. The van der Waals surface area contributed by atoms with Crippen molar-refractivity contribution in [2.75, 3.05) is 4.90 Å². The van der Waals surface area contributed by atoms with Crippen molar-refractivity contribution in [2.24, 2.45) is 0 Å². The van der Waals surface area contributed by atoms with Gasteiger partial charge in [-0.05, 0) is 42.3 Å². The molecule has 30 heavy (non-hydrogen) atoms. The standard InChI is InChI=1S/C24H17Cl2NO3/c1-14-7-5-6-10-19(14)27-21(15-8-3-2-4-9-15)20(23(29)24(27)30)22(28)16-11-12-17(25)18(26)13-16/h2-13,21,28H,1H3/b22-20-. The predicted octanol–water partition coefficient (Wildman–Crippen LogP) is 5.93. The molecule has 4 nitrogen and oxygen atoms in total. The molecule has 3 aromatic rings. The van der Waals surface area contributed by atoms with Crippen molar-refractivity contribution in [3.05, 3.63) is 105 Å². The second-order valence-electron chi connectivity index (χ2n) is 7.00. The molecule has 4 rings (SSSR count). The molecule has 3 aromatic carbocycles. The van der Waals surface area contributed by atoms with Crippen LogP contribution in [0.3, 0.4) is 0 Å². The van der Waals surface area contributed by atoms with Crippen LogP contribution < -0.4 is 4.90 Å². The lowest BCUT2D eigenvalue weighted by molar-refractivity contribution is -0.132. The van der Waals surface area contributed by atoms with E-state index in [-0.39, 0.29) is 16.4 Å². The van der Waals surface area contributed by atoms with Gasteiger partial charge in [0.15, 0.2) is 0 Å². The van der Waals surface area contributed by atoms with Crippen LogP contribution in [0.1, 0.15) is 22.7 Å². The average Bonchev–Trinajstić information content (AvgIpc) is 3.01. The largest absolute Gasteiger partial charge is 0.507 e. The maximum Gasteiger partial charge on any atom is 0.300 e. The Kier molecular flexibility index (Phi) is 5.37. The molecule has 1 saturated heterocycles. The van der Waals surface area contributed by atoms with Crippen LogP contribution in [-0.4, -0.2) is 16.8 Å². The fraction of sp³-hybridized carbons (Fsp3) is 0.0833. The minimum absolute atomic E-state index is 0.00726. The predicted molar refractivity (Wildman–Crippen MR) is 119 cm³/mol. The molecule has 1 fully saturated rings. The lowest BCUT2D eigenvalue weighted by Gasteiger charge is -2.26. The molecule has 0 bridgehead atoms. The second kappa shape index (κ2) is 7.98. The van der Waals surface area contributed by atoms with Crippen LogP contribution in [-0.2, 0) is 9.59 Å². The number of hydrogen-bond donors (Lipinski definition) is 1. The van der Waals surface area contributed by atoms with Gasteiger partial charge >= 0.3 is 0 Å². The van der Waals surface area contributed by atoms with E-state index in [1.54, 1.807) is 12.1 Å². The van der Waals surface area contributed by atoms with Crippen molar-refractivity contribution in [3.63, 3.8) is 0 Å². The summed E-state index contributed by atoms with van der Waals surface area (Å²) in [6, 6.07) is 20.3. The van der Waals surface area contributed by atoms with Gasteiger partial charge in [-0.1, -0.05) is 71.7 Å². The summed E-state index contributed by atoms with van der Waals surface area (Å²) in [6.45, 7) is 1.87. The summed E-state index contributed by atoms with van der Waals surface area (Å²) >= 11 is 12.1. The van der Waals surface area contributed by atoms with E-state index in [2.05, 4.69) is 0 Å². The molecule has 6 heteroatoms. The maximum absolute atomic E-state index is 13.1. The molecule has 0 radical (unpaired) electrons. The molecule has 1 N–H and O–H groups in total. The highest BCUT2D eigenvalue weighted by atomic mass is 35.5. The average molecular weight is 438 g/mol. The van der Waals surface area contributed by atoms with E-state index in [9.17, 15) is 14.7 Å². The molecule has 1 atom stereocenters. The molecule has 0 saturated carbocycles. The van der Waals surface area contributed by atoms with E-state index in [1.807, 2.05) is 55.5 Å². The first-order chi connectivity index (χ1) is 14.4. The fourth-order valence-electron chi connectivity index (χ4n) is 3.66. The van der Waals surface area contributed by atoms with E-state index in [4.69, 9.17) is 23.2 Å². The number of rotatable bonds is 3. The van der Waals surface area contributed by atoms with Crippen molar-refractivity contribution in [1.82, 2.24) is 0 Å². The number of Topliss-reactive ketones (excluding diaryl/α,β-unsaturated/α-hetero) is 1. The topological polar surface area (TPSA) is 57.6 Å². The summed E-state index contributed by atoms with van der Waals surface area (Å²) in [7, 11) is 0. The highest BCUT2D eigenvalue weighted by molar-refractivity contribution is 6.52. The van der Waals surface area contributed by atoms with Gasteiger partial charge in [-0.3, -0.25) is 14.5 Å². The second-order valence-corrected chi connectivity index (χ2v) is 7.81. The van der Waals surface area contributed by atoms with Crippen molar-refractivity contribution >= 4 is 46.3 Å². The zero-order chi connectivity index (χ0) is 21.4. The fourth-order valence-corrected chi connectivity index (χ4v) is 3.96. The van der Waals surface area contributed by atoms with Crippen molar-refractivity contribution < 1.29 is 14.7 Å². The molecule has 1 unspecified atom stereocenters. The summed E-state index contributed by atoms with van der Waals surface area (Å²) in [6.07, 6.45) is 0. The van der Waals surface area contributed by atoms with Gasteiger partial charge in [-0.15, -0.1) is 0 Å². The Labute approximate surface area is 184 Å². The van der Waals surface area contributed by atoms with Gasteiger partial charge in [-0.2, -0.15) is 0 Å². The Morgan fingerprint density at radius 1 is 0.900 bits per heavy atom. The lowest BCUT2D eigenvalue weighted by Crippen LogP contribution is -2.30. The summed E-state index contributed by atoms with van der Waals surface area (Å²) in [5.41, 5.74) is 2.49. The quantitative estimate of drug-likeness (QED) is 0.313. The highest BCUT2D eigenvalue weighted by Crippen LogP contribution is 2.43. The Morgan fingerprint density at radius 3 is 2.23 bits per heavy atom. The maximum atomic E-state index is 13.1. The van der Waals surface area contributed by atoms with Crippen molar-refractivity contribution in [1.29, 1.82) is 0 Å². The third kappa shape index (κ3) is 3.38. The van der Waals surface area contributed by atoms with Crippen LogP contribution in [0.2, 0.25) is 10.0 Å². The van der Waals surface area contributed by atoms with Crippen LogP contribution in [0.4, 0.5) is 5.69 Å². The number of benzene rings is 3. The molecule has 0 aliphatic carbocycles. The molecule has 150 valence electrons. The van der Waals surface area contributed by atoms with Gasteiger partial charge in [-0.25, -0.2) is 0 Å². The number of anilines is 1. The number of aryl methyl sites for hydroxylation is 1. The van der Waals surface area contributed by atoms with E-state index in [0.29, 0.717) is 21.8 Å². The Balaban J connectivity index is 1.97. The number of ketones is 1. The van der Waals surface area contributed by atoms with Crippen LogP contribution >= 0.6 is 23.2 Å². The zero-order valence-electron chi connectivity index (χ0n) is 16.0. The number of carbonyl (C=O) groups is 2. The van der Waals surface area contributed by atoms with Gasteiger partial charge in [0, 0.05) is 11.3 Å². The number of para-hydroxylation sites is 1. The monoisotopic (exact) mass is 437 g/mol. The van der Waals surface area contributed by atoms with Gasteiger partial charge in [0.25, 0.3) is 11.7 Å². The summed E-state index contributed by atoms with van der Waals surface area (Å²) in [5, 5.41) is 11.6. The van der Waals surface area contributed by atoms with Crippen LogP contribution in [0.25, 0.3) is 5.76 Å². The molecule has 1 amide bonds. The van der Waals surface area contributed by atoms with E-state index >= 15 is 0 Å².